The van der Waals surface area contributed by atoms with E-state index in [9.17, 15) is 9.90 Å². The highest BCUT2D eigenvalue weighted by Gasteiger charge is 2.14. The Morgan fingerprint density at radius 2 is 2.14 bits per heavy atom. The van der Waals surface area contributed by atoms with E-state index in [1.165, 1.54) is 11.3 Å². The number of rotatable bonds is 3. The molecule has 0 amide bonds. The van der Waals surface area contributed by atoms with Crippen molar-refractivity contribution in [2.75, 3.05) is 0 Å². The normalized spacial score (nSPS) is 11.0. The molecule has 3 aromatic rings. The van der Waals surface area contributed by atoms with Crippen LogP contribution in [0.1, 0.15) is 22.8 Å². The molecule has 0 radical (unpaired) electrons. The Morgan fingerprint density at radius 1 is 1.33 bits per heavy atom. The molecule has 0 aliphatic heterocycles. The number of halogens is 1. The fraction of sp³-hybridized carbons (Fsp3) is 0.125. The Kier molecular flexibility index (Phi) is 3.78. The molecule has 1 N–H and O–H groups in total. The van der Waals surface area contributed by atoms with Gasteiger partial charge >= 0.3 is 5.97 Å². The molecule has 3 rings (SSSR count). The Balaban J connectivity index is 2.28. The van der Waals surface area contributed by atoms with E-state index in [0.29, 0.717) is 22.2 Å². The lowest BCUT2D eigenvalue weighted by molar-refractivity contribution is 0.0699. The first-order valence-electron chi connectivity index (χ1n) is 6.50. The number of carbonyl (C=O) groups is 1. The standard InChI is InChI=1S/C16H12BrNO2S/c1-2-9-3-4-13-11(5-9)12(16(19)20)7-14(18-13)15-6-10(17)8-21-15/h3-8H,2H2,1H3,(H,19,20). The van der Waals surface area contributed by atoms with Crippen LogP contribution in [0.5, 0.6) is 0 Å². The Morgan fingerprint density at radius 3 is 2.76 bits per heavy atom. The molecule has 1 aromatic carbocycles. The molecule has 0 fully saturated rings. The van der Waals surface area contributed by atoms with E-state index in [-0.39, 0.29) is 0 Å². The summed E-state index contributed by atoms with van der Waals surface area (Å²) in [6, 6.07) is 9.41. The summed E-state index contributed by atoms with van der Waals surface area (Å²) in [7, 11) is 0. The number of aromatic carboxylic acids is 1. The molecule has 2 heterocycles. The third-order valence-corrected chi connectivity index (χ3v) is 5.05. The SMILES string of the molecule is CCc1ccc2nc(-c3cc(Br)cs3)cc(C(=O)O)c2c1. The molecule has 0 unspecified atom stereocenters. The maximum absolute atomic E-state index is 11.6. The molecule has 0 aliphatic rings. The molecule has 0 atom stereocenters. The third kappa shape index (κ3) is 2.71. The van der Waals surface area contributed by atoms with Crippen molar-refractivity contribution in [3.63, 3.8) is 0 Å². The number of hydrogen-bond donors (Lipinski definition) is 1. The first-order chi connectivity index (χ1) is 10.1. The van der Waals surface area contributed by atoms with Crippen LogP contribution in [0.2, 0.25) is 0 Å². The summed E-state index contributed by atoms with van der Waals surface area (Å²) >= 11 is 4.95. The topological polar surface area (TPSA) is 50.2 Å². The number of carboxylic acids is 1. The van der Waals surface area contributed by atoms with Crippen molar-refractivity contribution in [2.24, 2.45) is 0 Å². The van der Waals surface area contributed by atoms with Gasteiger partial charge in [-0.05, 0) is 52.2 Å². The van der Waals surface area contributed by atoms with Crippen molar-refractivity contribution in [1.29, 1.82) is 0 Å². The Hall–Kier alpha value is -1.72. The van der Waals surface area contributed by atoms with Crippen LogP contribution in [-0.2, 0) is 6.42 Å². The predicted octanol–water partition coefficient (Wildman–Crippen LogP) is 4.99. The molecular weight excluding hydrogens is 350 g/mol. The molecule has 106 valence electrons. The molecule has 21 heavy (non-hydrogen) atoms. The highest BCUT2D eigenvalue weighted by Crippen LogP contribution is 2.31. The molecule has 0 spiro atoms. The second-order valence-corrected chi connectivity index (χ2v) is 6.52. The second-order valence-electron chi connectivity index (χ2n) is 4.69. The van der Waals surface area contributed by atoms with Crippen molar-refractivity contribution in [1.82, 2.24) is 4.98 Å². The maximum Gasteiger partial charge on any atom is 0.336 e. The molecular formula is C16H12BrNO2S. The first kappa shape index (κ1) is 14.2. The average molecular weight is 362 g/mol. The zero-order chi connectivity index (χ0) is 15.0. The number of thiophene rings is 1. The van der Waals surface area contributed by atoms with Gasteiger partial charge in [-0.1, -0.05) is 13.0 Å². The number of nitrogens with zero attached hydrogens (tertiary/aromatic N) is 1. The summed E-state index contributed by atoms with van der Waals surface area (Å²) < 4.78 is 0.975. The smallest absolute Gasteiger partial charge is 0.336 e. The van der Waals surface area contributed by atoms with E-state index in [4.69, 9.17) is 0 Å². The van der Waals surface area contributed by atoms with Crippen molar-refractivity contribution < 1.29 is 9.90 Å². The molecule has 3 nitrogen and oxygen atoms in total. The maximum atomic E-state index is 11.6. The molecule has 0 saturated carbocycles. The molecule has 5 heteroatoms. The summed E-state index contributed by atoms with van der Waals surface area (Å²) in [5.41, 5.74) is 2.82. The van der Waals surface area contributed by atoms with Gasteiger partial charge in [0.15, 0.2) is 0 Å². The number of pyridine rings is 1. The summed E-state index contributed by atoms with van der Waals surface area (Å²) in [6.07, 6.45) is 0.870. The molecule has 0 aliphatic carbocycles. The summed E-state index contributed by atoms with van der Waals surface area (Å²) in [5.74, 6) is -0.924. The van der Waals surface area contributed by atoms with E-state index in [1.54, 1.807) is 6.07 Å². The monoisotopic (exact) mass is 361 g/mol. The number of carboxylic acid groups (broad SMARTS) is 1. The minimum atomic E-state index is -0.924. The van der Waals surface area contributed by atoms with Gasteiger partial charge in [0.1, 0.15) is 0 Å². The lowest BCUT2D eigenvalue weighted by atomic mass is 10.0. The quantitative estimate of drug-likeness (QED) is 0.714. The summed E-state index contributed by atoms with van der Waals surface area (Å²) in [6.45, 7) is 2.05. The summed E-state index contributed by atoms with van der Waals surface area (Å²) in [4.78, 5) is 17.1. The minimum Gasteiger partial charge on any atom is -0.478 e. The van der Waals surface area contributed by atoms with Gasteiger partial charge in [-0.3, -0.25) is 0 Å². The fourth-order valence-corrected chi connectivity index (χ4v) is 3.63. The van der Waals surface area contributed by atoms with Gasteiger partial charge in [0, 0.05) is 15.2 Å². The Labute approximate surface area is 134 Å². The Bertz CT molecular complexity index is 841. The van der Waals surface area contributed by atoms with Gasteiger partial charge in [0.05, 0.1) is 21.7 Å². The lowest BCUT2D eigenvalue weighted by Gasteiger charge is -2.07. The van der Waals surface area contributed by atoms with E-state index < -0.39 is 5.97 Å². The van der Waals surface area contributed by atoms with Crippen LogP contribution in [0.4, 0.5) is 0 Å². The number of aryl methyl sites for hydroxylation is 1. The molecule has 0 saturated heterocycles. The first-order valence-corrected chi connectivity index (χ1v) is 8.17. The lowest BCUT2D eigenvalue weighted by Crippen LogP contribution is -2.00. The van der Waals surface area contributed by atoms with Crippen LogP contribution >= 0.6 is 27.3 Å². The molecule has 0 bridgehead atoms. The van der Waals surface area contributed by atoms with Crippen LogP contribution in [0.3, 0.4) is 0 Å². The molecule has 2 aromatic heterocycles. The average Bonchev–Trinajstić information content (AvgIpc) is 2.92. The van der Waals surface area contributed by atoms with Gasteiger partial charge in [-0.15, -0.1) is 11.3 Å². The second kappa shape index (κ2) is 5.58. The zero-order valence-electron chi connectivity index (χ0n) is 11.3. The fourth-order valence-electron chi connectivity index (χ4n) is 2.24. The minimum absolute atomic E-state index is 0.301. The predicted molar refractivity (Wildman–Crippen MR) is 89.1 cm³/mol. The van der Waals surface area contributed by atoms with E-state index in [0.717, 1.165) is 21.3 Å². The number of hydrogen-bond acceptors (Lipinski definition) is 3. The van der Waals surface area contributed by atoms with Gasteiger partial charge < -0.3 is 5.11 Å². The third-order valence-electron chi connectivity index (χ3n) is 3.33. The van der Waals surface area contributed by atoms with Gasteiger partial charge in [-0.2, -0.15) is 0 Å². The van der Waals surface area contributed by atoms with Crippen molar-refractivity contribution in [3.05, 3.63) is 51.3 Å². The van der Waals surface area contributed by atoms with Crippen molar-refractivity contribution in [2.45, 2.75) is 13.3 Å². The number of aromatic nitrogens is 1. The van der Waals surface area contributed by atoms with E-state index in [2.05, 4.69) is 20.9 Å². The highest BCUT2D eigenvalue weighted by molar-refractivity contribution is 9.10. The van der Waals surface area contributed by atoms with Gasteiger partial charge in [0.2, 0.25) is 0 Å². The van der Waals surface area contributed by atoms with Crippen LogP contribution in [0.15, 0.2) is 40.2 Å². The van der Waals surface area contributed by atoms with Gasteiger partial charge in [0.25, 0.3) is 0 Å². The van der Waals surface area contributed by atoms with Crippen LogP contribution in [0.25, 0.3) is 21.5 Å². The van der Waals surface area contributed by atoms with Gasteiger partial charge in [-0.25, -0.2) is 9.78 Å². The highest BCUT2D eigenvalue weighted by atomic mass is 79.9. The largest absolute Gasteiger partial charge is 0.478 e. The van der Waals surface area contributed by atoms with Crippen LogP contribution in [-0.4, -0.2) is 16.1 Å². The number of benzene rings is 1. The summed E-state index contributed by atoms with van der Waals surface area (Å²) in [5, 5.41) is 12.1. The van der Waals surface area contributed by atoms with E-state index in [1.807, 2.05) is 36.6 Å². The number of fused-ring (bicyclic) bond motifs is 1. The van der Waals surface area contributed by atoms with Crippen LogP contribution < -0.4 is 0 Å². The van der Waals surface area contributed by atoms with Crippen LogP contribution in [0, 0.1) is 0 Å². The van der Waals surface area contributed by atoms with E-state index >= 15 is 0 Å². The van der Waals surface area contributed by atoms with Crippen molar-refractivity contribution in [3.8, 4) is 10.6 Å². The zero-order valence-corrected chi connectivity index (χ0v) is 13.7. The van der Waals surface area contributed by atoms with Crippen molar-refractivity contribution >= 4 is 44.1 Å².